The zero-order valence-corrected chi connectivity index (χ0v) is 8.19. The highest BCUT2D eigenvalue weighted by Gasteiger charge is 2.24. The molecular weight excluding hydrogens is 178 g/mol. The molecule has 0 amide bonds. The van der Waals surface area contributed by atoms with E-state index in [0.29, 0.717) is 18.9 Å². The zero-order chi connectivity index (χ0) is 10.6. The van der Waals surface area contributed by atoms with Gasteiger partial charge in [0.05, 0.1) is 0 Å². The van der Waals surface area contributed by atoms with Crippen molar-refractivity contribution in [1.82, 2.24) is 9.80 Å². The summed E-state index contributed by atoms with van der Waals surface area (Å²) < 4.78 is 0. The van der Waals surface area contributed by atoms with Crippen LogP contribution in [0.3, 0.4) is 0 Å². The highest BCUT2D eigenvalue weighted by Crippen LogP contribution is 2.19. The fraction of sp³-hybridized carbons (Fsp3) is 0.556. The van der Waals surface area contributed by atoms with Gasteiger partial charge in [0, 0.05) is 33.2 Å². The molecule has 0 aliphatic carbocycles. The van der Waals surface area contributed by atoms with Crippen LogP contribution in [-0.4, -0.2) is 43.0 Å². The third-order valence-corrected chi connectivity index (χ3v) is 2.21. The summed E-state index contributed by atoms with van der Waals surface area (Å²) in [5, 5.41) is 17.6. The second-order valence-corrected chi connectivity index (χ2v) is 3.12. The fourth-order valence-corrected chi connectivity index (χ4v) is 1.57. The molecule has 1 heterocycles. The van der Waals surface area contributed by atoms with Gasteiger partial charge in [-0.2, -0.15) is 10.5 Å². The molecule has 0 spiro atoms. The van der Waals surface area contributed by atoms with Gasteiger partial charge in [-0.05, 0) is 0 Å². The third kappa shape index (κ3) is 1.78. The molecule has 1 fully saturated rings. The first-order valence-electron chi connectivity index (χ1n) is 4.45. The Morgan fingerprint density at radius 3 is 2.57 bits per heavy atom. The number of likely N-dealkylation sites (N-methyl/N-ethyl adjacent to an activating group) is 1. The summed E-state index contributed by atoms with van der Waals surface area (Å²) in [5.41, 5.74) is 5.62. The van der Waals surface area contributed by atoms with Crippen LogP contribution in [-0.2, 0) is 0 Å². The van der Waals surface area contributed by atoms with Crippen molar-refractivity contribution in [1.29, 1.82) is 10.5 Å². The Hall–Kier alpha value is -1.72. The lowest BCUT2D eigenvalue weighted by atomic mass is 10.3. The highest BCUT2D eigenvalue weighted by molar-refractivity contribution is 5.39. The maximum absolute atomic E-state index is 8.78. The van der Waals surface area contributed by atoms with Crippen LogP contribution in [0.15, 0.2) is 11.4 Å². The van der Waals surface area contributed by atoms with E-state index in [9.17, 15) is 0 Å². The van der Waals surface area contributed by atoms with Crippen molar-refractivity contribution in [2.45, 2.75) is 0 Å². The molecule has 0 radical (unpaired) electrons. The molecule has 0 unspecified atom stereocenters. The normalized spacial score (nSPS) is 15.3. The van der Waals surface area contributed by atoms with Crippen LogP contribution in [0.4, 0.5) is 0 Å². The van der Waals surface area contributed by atoms with E-state index in [1.165, 1.54) is 0 Å². The molecule has 0 aromatic rings. The van der Waals surface area contributed by atoms with Crippen LogP contribution in [0.1, 0.15) is 0 Å². The number of nitriles is 2. The largest absolute Gasteiger partial charge is 0.358 e. The molecule has 1 aliphatic rings. The number of allylic oxidation sites excluding steroid dienone is 1. The molecule has 0 bridgehead atoms. The quantitative estimate of drug-likeness (QED) is 0.592. The van der Waals surface area contributed by atoms with E-state index in [0.717, 1.165) is 13.1 Å². The Labute approximate surface area is 83.6 Å². The molecule has 1 aliphatic heterocycles. The fourth-order valence-electron chi connectivity index (χ4n) is 1.57. The van der Waals surface area contributed by atoms with Crippen LogP contribution in [0.25, 0.3) is 0 Å². The van der Waals surface area contributed by atoms with Crippen LogP contribution in [0.5, 0.6) is 0 Å². The highest BCUT2D eigenvalue weighted by atomic mass is 15.4. The molecule has 1 rings (SSSR count). The number of rotatable bonds is 2. The van der Waals surface area contributed by atoms with Crippen molar-refractivity contribution < 1.29 is 0 Å². The number of hydrogen-bond donors (Lipinski definition) is 1. The second-order valence-electron chi connectivity index (χ2n) is 3.12. The van der Waals surface area contributed by atoms with Crippen molar-refractivity contribution in [3.63, 3.8) is 0 Å². The van der Waals surface area contributed by atoms with Gasteiger partial charge >= 0.3 is 0 Å². The first-order chi connectivity index (χ1) is 6.74. The molecule has 0 aromatic heterocycles. The first-order valence-corrected chi connectivity index (χ1v) is 4.45. The molecule has 14 heavy (non-hydrogen) atoms. The number of hydrogen-bond acceptors (Lipinski definition) is 5. The van der Waals surface area contributed by atoms with Gasteiger partial charge < -0.3 is 15.5 Å². The van der Waals surface area contributed by atoms with Crippen LogP contribution in [0, 0.1) is 22.7 Å². The summed E-state index contributed by atoms with van der Waals surface area (Å²) in [4.78, 5) is 3.89. The average molecular weight is 191 g/mol. The topological polar surface area (TPSA) is 80.1 Å². The maximum atomic E-state index is 8.78. The Morgan fingerprint density at radius 2 is 2.07 bits per heavy atom. The minimum absolute atomic E-state index is 0.165. The van der Waals surface area contributed by atoms with Gasteiger partial charge in [0.25, 0.3) is 0 Å². The van der Waals surface area contributed by atoms with Gasteiger partial charge in [0.15, 0.2) is 5.57 Å². The molecule has 0 saturated carbocycles. The SMILES string of the molecule is CN1CCN(CCN)C1=C(C#N)C#N. The molecule has 74 valence electrons. The average Bonchev–Trinajstić information content (AvgIpc) is 2.53. The predicted octanol–water partition coefficient (Wildman–Crippen LogP) is -0.549. The Balaban J connectivity index is 2.99. The van der Waals surface area contributed by atoms with E-state index < -0.39 is 0 Å². The van der Waals surface area contributed by atoms with E-state index in [4.69, 9.17) is 16.3 Å². The molecule has 0 atom stereocenters. The van der Waals surface area contributed by atoms with E-state index in [1.807, 2.05) is 29.0 Å². The lowest BCUT2D eigenvalue weighted by Crippen LogP contribution is -2.28. The summed E-state index contributed by atoms with van der Waals surface area (Å²) in [6.07, 6.45) is 0. The summed E-state index contributed by atoms with van der Waals surface area (Å²) >= 11 is 0. The van der Waals surface area contributed by atoms with Gasteiger partial charge in [-0.1, -0.05) is 0 Å². The summed E-state index contributed by atoms with van der Waals surface area (Å²) in [5.74, 6) is 0.709. The lowest BCUT2D eigenvalue weighted by Gasteiger charge is -2.21. The Kier molecular flexibility index (Phi) is 3.33. The summed E-state index contributed by atoms with van der Waals surface area (Å²) in [6, 6.07) is 3.81. The minimum Gasteiger partial charge on any atom is -0.358 e. The van der Waals surface area contributed by atoms with Crippen molar-refractivity contribution in [3.05, 3.63) is 11.4 Å². The van der Waals surface area contributed by atoms with Gasteiger partial charge in [-0.3, -0.25) is 0 Å². The van der Waals surface area contributed by atoms with E-state index in [-0.39, 0.29) is 5.57 Å². The Morgan fingerprint density at radius 1 is 1.43 bits per heavy atom. The van der Waals surface area contributed by atoms with Crippen LogP contribution in [0.2, 0.25) is 0 Å². The number of nitrogens with two attached hydrogens (primary N) is 1. The van der Waals surface area contributed by atoms with Gasteiger partial charge in [-0.15, -0.1) is 0 Å². The minimum atomic E-state index is 0.165. The number of nitrogens with zero attached hydrogens (tertiary/aromatic N) is 4. The van der Waals surface area contributed by atoms with Crippen molar-refractivity contribution in [2.75, 3.05) is 33.2 Å². The van der Waals surface area contributed by atoms with E-state index >= 15 is 0 Å². The molecule has 5 nitrogen and oxygen atoms in total. The molecule has 1 saturated heterocycles. The van der Waals surface area contributed by atoms with Crippen LogP contribution >= 0.6 is 0 Å². The van der Waals surface area contributed by atoms with Crippen molar-refractivity contribution in [3.8, 4) is 12.1 Å². The zero-order valence-electron chi connectivity index (χ0n) is 8.19. The predicted molar refractivity (Wildman–Crippen MR) is 51.5 cm³/mol. The van der Waals surface area contributed by atoms with Crippen molar-refractivity contribution >= 4 is 0 Å². The molecule has 2 N–H and O–H groups in total. The van der Waals surface area contributed by atoms with Crippen LogP contribution < -0.4 is 5.73 Å². The standard InChI is InChI=1S/C9H13N5/c1-13-4-5-14(3-2-10)9(13)8(6-11)7-12/h2-5,10H2,1H3. The monoisotopic (exact) mass is 191 g/mol. The smallest absolute Gasteiger partial charge is 0.169 e. The summed E-state index contributed by atoms with van der Waals surface area (Å²) in [7, 11) is 1.88. The van der Waals surface area contributed by atoms with Gasteiger partial charge in [0.1, 0.15) is 18.0 Å². The van der Waals surface area contributed by atoms with Gasteiger partial charge in [-0.25, -0.2) is 0 Å². The molecule has 0 aromatic carbocycles. The molecule has 5 heteroatoms. The third-order valence-electron chi connectivity index (χ3n) is 2.21. The second kappa shape index (κ2) is 4.50. The lowest BCUT2D eigenvalue weighted by molar-refractivity contribution is 0.371. The van der Waals surface area contributed by atoms with E-state index in [2.05, 4.69) is 0 Å². The van der Waals surface area contributed by atoms with Gasteiger partial charge in [0.2, 0.25) is 0 Å². The van der Waals surface area contributed by atoms with Crippen molar-refractivity contribution in [2.24, 2.45) is 5.73 Å². The maximum Gasteiger partial charge on any atom is 0.169 e. The molecular formula is C9H13N5. The Bertz CT molecular complexity index is 301. The summed E-state index contributed by atoms with van der Waals surface area (Å²) in [6.45, 7) is 2.88. The van der Waals surface area contributed by atoms with E-state index in [1.54, 1.807) is 0 Å². The first kappa shape index (κ1) is 10.4.